The molecule has 0 unspecified atom stereocenters. The molecule has 0 spiro atoms. The van der Waals surface area contributed by atoms with Gasteiger partial charge in [0.15, 0.2) is 0 Å². The zero-order chi connectivity index (χ0) is 32.2. The molecule has 4 nitrogen and oxygen atoms in total. The van der Waals surface area contributed by atoms with Crippen LogP contribution in [-0.2, 0) is 0 Å². The van der Waals surface area contributed by atoms with Crippen LogP contribution >= 0.6 is 0 Å². The highest BCUT2D eigenvalue weighted by atomic mass is 15.0. The molecule has 0 aliphatic rings. The molecule has 0 aliphatic carbocycles. The molecule has 0 fully saturated rings. The van der Waals surface area contributed by atoms with Crippen LogP contribution in [0.3, 0.4) is 0 Å². The smallest absolute Gasteiger partial charge is 0.0998 e. The van der Waals surface area contributed by atoms with Crippen LogP contribution in [0.2, 0.25) is 0 Å². The maximum Gasteiger partial charge on any atom is 0.0998 e. The van der Waals surface area contributed by atoms with Crippen LogP contribution in [0.5, 0.6) is 0 Å². The molecule has 0 atom stereocenters. The lowest BCUT2D eigenvalue weighted by atomic mass is 9.95. The first-order valence-electron chi connectivity index (χ1n) is 15.9. The molecule has 0 saturated heterocycles. The average Bonchev–Trinajstić information content (AvgIpc) is 3.67. The number of nitrogens with zero attached hydrogens (tertiary/aromatic N) is 4. The third kappa shape index (κ3) is 4.14. The van der Waals surface area contributed by atoms with Gasteiger partial charge in [0.05, 0.1) is 51.0 Å². The number of rotatable bonds is 4. The third-order valence-electron chi connectivity index (χ3n) is 9.40. The highest BCUT2D eigenvalue weighted by molar-refractivity contribution is 6.11. The Hall–Kier alpha value is -6.88. The van der Waals surface area contributed by atoms with Gasteiger partial charge in [0.1, 0.15) is 0 Å². The molecule has 4 heteroatoms. The van der Waals surface area contributed by atoms with Gasteiger partial charge >= 0.3 is 0 Å². The van der Waals surface area contributed by atoms with E-state index in [2.05, 4.69) is 124 Å². The summed E-state index contributed by atoms with van der Waals surface area (Å²) in [4.78, 5) is 0. The molecule has 2 heterocycles. The van der Waals surface area contributed by atoms with Gasteiger partial charge in [-0.15, -0.1) is 0 Å². The van der Waals surface area contributed by atoms with E-state index < -0.39 is 0 Å². The fourth-order valence-corrected chi connectivity index (χ4v) is 7.27. The molecule has 0 radical (unpaired) electrons. The monoisotopic (exact) mass is 610 g/mol. The molecule has 7 aromatic carbocycles. The topological polar surface area (TPSA) is 57.4 Å². The van der Waals surface area contributed by atoms with Gasteiger partial charge in [-0.1, -0.05) is 97.1 Å². The van der Waals surface area contributed by atoms with E-state index in [1.165, 1.54) is 21.8 Å². The maximum absolute atomic E-state index is 10.1. The number of hydrogen-bond donors (Lipinski definition) is 0. The predicted octanol–water partition coefficient (Wildman–Crippen LogP) is 11.0. The Kier molecular flexibility index (Phi) is 6.22. The van der Waals surface area contributed by atoms with Crippen LogP contribution in [0.25, 0.3) is 77.2 Å². The highest BCUT2D eigenvalue weighted by Gasteiger charge is 2.19. The number of nitriles is 2. The Labute approximate surface area is 277 Å². The van der Waals surface area contributed by atoms with E-state index in [0.717, 1.165) is 55.4 Å². The van der Waals surface area contributed by atoms with Gasteiger partial charge in [-0.25, -0.2) is 0 Å². The summed E-state index contributed by atoms with van der Waals surface area (Å²) in [6.45, 7) is 0. The Morgan fingerprint density at radius 1 is 0.396 bits per heavy atom. The largest absolute Gasteiger partial charge is 0.309 e. The Morgan fingerprint density at radius 2 is 1.00 bits per heavy atom. The summed E-state index contributed by atoms with van der Waals surface area (Å²) in [6, 6.07) is 59.0. The number of benzene rings is 7. The van der Waals surface area contributed by atoms with Gasteiger partial charge in [-0.2, -0.15) is 10.5 Å². The van der Waals surface area contributed by atoms with E-state index in [-0.39, 0.29) is 0 Å². The number of fused-ring (bicyclic) bond motifs is 6. The van der Waals surface area contributed by atoms with Crippen LogP contribution < -0.4 is 0 Å². The van der Waals surface area contributed by atoms with Gasteiger partial charge in [-0.05, 0) is 71.8 Å². The summed E-state index contributed by atoms with van der Waals surface area (Å²) in [5, 5.41) is 24.4. The zero-order valence-corrected chi connectivity index (χ0v) is 25.8. The first-order valence-corrected chi connectivity index (χ1v) is 15.9. The summed E-state index contributed by atoms with van der Waals surface area (Å²) in [5.74, 6) is 0. The fourth-order valence-electron chi connectivity index (χ4n) is 7.27. The molecule has 0 bridgehead atoms. The van der Waals surface area contributed by atoms with Crippen molar-refractivity contribution in [3.8, 4) is 45.8 Å². The van der Waals surface area contributed by atoms with E-state index in [0.29, 0.717) is 11.1 Å². The molecular formula is C44H26N4. The van der Waals surface area contributed by atoms with E-state index in [1.807, 2.05) is 54.6 Å². The Bertz CT molecular complexity index is 2760. The third-order valence-corrected chi connectivity index (χ3v) is 9.40. The molecule has 0 saturated carbocycles. The molecule has 9 rings (SSSR count). The van der Waals surface area contributed by atoms with Gasteiger partial charge < -0.3 is 9.13 Å². The molecule has 0 amide bonds. The quantitative estimate of drug-likeness (QED) is 0.199. The standard InChI is InChI=1S/C44H26N4/c45-27-29-20-23-43-39(24-29)37-16-5-8-19-42(37)48(43)44-26-31(21-22-38(44)34-13-2-1-10-32(34)28-46)30-11-9-12-33(25-30)47-40-17-6-3-14-35(40)36-15-4-7-18-41(36)47/h1-26H. The van der Waals surface area contributed by atoms with Crippen molar-refractivity contribution < 1.29 is 0 Å². The van der Waals surface area contributed by atoms with Crippen molar-refractivity contribution in [2.45, 2.75) is 0 Å². The lowest BCUT2D eigenvalue weighted by molar-refractivity contribution is 1.17. The summed E-state index contributed by atoms with van der Waals surface area (Å²) in [7, 11) is 0. The van der Waals surface area contributed by atoms with E-state index in [9.17, 15) is 10.5 Å². The second kappa shape index (κ2) is 10.9. The van der Waals surface area contributed by atoms with Crippen molar-refractivity contribution in [3.05, 3.63) is 169 Å². The minimum atomic E-state index is 0.618. The SMILES string of the molecule is N#Cc1ccc2c(c1)c1ccccc1n2-c1cc(-c2cccc(-n3c4ccccc4c4ccccc43)c2)ccc1-c1ccccc1C#N. The minimum Gasteiger partial charge on any atom is -0.309 e. The lowest BCUT2D eigenvalue weighted by Gasteiger charge is -2.17. The van der Waals surface area contributed by atoms with Crippen molar-refractivity contribution in [1.82, 2.24) is 9.13 Å². The number of hydrogen-bond acceptors (Lipinski definition) is 2. The average molecular weight is 611 g/mol. The summed E-state index contributed by atoms with van der Waals surface area (Å²) in [6.07, 6.45) is 0. The van der Waals surface area contributed by atoms with E-state index in [1.54, 1.807) is 0 Å². The van der Waals surface area contributed by atoms with Crippen LogP contribution in [0.1, 0.15) is 11.1 Å². The number of para-hydroxylation sites is 3. The van der Waals surface area contributed by atoms with E-state index >= 15 is 0 Å². The minimum absolute atomic E-state index is 0.618. The molecular weight excluding hydrogens is 585 g/mol. The molecule has 0 aliphatic heterocycles. The van der Waals surface area contributed by atoms with Gasteiger partial charge in [0.2, 0.25) is 0 Å². The van der Waals surface area contributed by atoms with Crippen molar-refractivity contribution in [2.75, 3.05) is 0 Å². The van der Waals surface area contributed by atoms with Crippen molar-refractivity contribution in [2.24, 2.45) is 0 Å². The first kappa shape index (κ1) is 27.4. The summed E-state index contributed by atoms with van der Waals surface area (Å²) < 4.78 is 4.61. The summed E-state index contributed by atoms with van der Waals surface area (Å²) >= 11 is 0. The van der Waals surface area contributed by atoms with Gasteiger partial charge in [-0.3, -0.25) is 0 Å². The van der Waals surface area contributed by atoms with Crippen LogP contribution in [-0.4, -0.2) is 9.13 Å². The molecule has 222 valence electrons. The van der Waals surface area contributed by atoms with Crippen molar-refractivity contribution in [3.63, 3.8) is 0 Å². The first-order chi connectivity index (χ1) is 23.7. The Balaban J connectivity index is 1.31. The second-order valence-corrected chi connectivity index (χ2v) is 12.0. The normalized spacial score (nSPS) is 11.3. The van der Waals surface area contributed by atoms with Crippen LogP contribution in [0.4, 0.5) is 0 Å². The van der Waals surface area contributed by atoms with E-state index in [4.69, 9.17) is 0 Å². The molecule has 48 heavy (non-hydrogen) atoms. The second-order valence-electron chi connectivity index (χ2n) is 12.0. The van der Waals surface area contributed by atoms with Gasteiger partial charge in [0.25, 0.3) is 0 Å². The van der Waals surface area contributed by atoms with Crippen LogP contribution in [0.15, 0.2) is 158 Å². The zero-order valence-electron chi connectivity index (χ0n) is 25.8. The maximum atomic E-state index is 10.1. The predicted molar refractivity (Wildman–Crippen MR) is 195 cm³/mol. The molecule has 0 N–H and O–H groups in total. The Morgan fingerprint density at radius 3 is 1.71 bits per heavy atom. The molecule has 2 aromatic heterocycles. The molecule has 9 aromatic rings. The van der Waals surface area contributed by atoms with Crippen molar-refractivity contribution >= 4 is 43.6 Å². The summed E-state index contributed by atoms with van der Waals surface area (Å²) in [5.41, 5.74) is 11.7. The van der Waals surface area contributed by atoms with Crippen LogP contribution in [0, 0.1) is 22.7 Å². The lowest BCUT2D eigenvalue weighted by Crippen LogP contribution is -1.99. The number of aromatic nitrogens is 2. The fraction of sp³-hybridized carbons (Fsp3) is 0. The van der Waals surface area contributed by atoms with Crippen molar-refractivity contribution in [1.29, 1.82) is 10.5 Å². The van der Waals surface area contributed by atoms with Gasteiger partial charge in [0, 0.05) is 38.4 Å². The highest BCUT2D eigenvalue weighted by Crippen LogP contribution is 2.40.